The molecule has 0 aliphatic carbocycles. The molecule has 3 aromatic rings. The SMILES string of the molecule is Fc1cc(-c2c(F)cc3ccccc3c2F)cc(F)c1F. The van der Waals surface area contributed by atoms with Crippen molar-refractivity contribution >= 4 is 10.8 Å². The van der Waals surface area contributed by atoms with Gasteiger partial charge in [-0.3, -0.25) is 0 Å². The van der Waals surface area contributed by atoms with Gasteiger partial charge < -0.3 is 0 Å². The molecule has 3 rings (SSSR count). The molecule has 0 heterocycles. The van der Waals surface area contributed by atoms with Gasteiger partial charge in [0.05, 0.1) is 5.56 Å². The molecule has 0 fully saturated rings. The monoisotopic (exact) mass is 294 g/mol. The molecule has 106 valence electrons. The van der Waals surface area contributed by atoms with Crippen molar-refractivity contribution in [3.05, 3.63) is 71.6 Å². The molecule has 21 heavy (non-hydrogen) atoms. The standard InChI is InChI=1S/C16H7F5/c17-11-5-8-3-1-2-4-10(8)15(20)14(11)9-6-12(18)16(21)13(19)7-9/h1-7H. The molecule has 0 atom stereocenters. The lowest BCUT2D eigenvalue weighted by atomic mass is 9.99. The van der Waals surface area contributed by atoms with Crippen LogP contribution in [0, 0.1) is 29.1 Å². The Balaban J connectivity index is 2.35. The van der Waals surface area contributed by atoms with Crippen molar-refractivity contribution in [1.82, 2.24) is 0 Å². The van der Waals surface area contributed by atoms with Gasteiger partial charge >= 0.3 is 0 Å². The molecule has 0 saturated heterocycles. The third-order valence-electron chi connectivity index (χ3n) is 3.21. The molecule has 0 amide bonds. The summed E-state index contributed by atoms with van der Waals surface area (Å²) in [5, 5.41) is 0.429. The van der Waals surface area contributed by atoms with Crippen molar-refractivity contribution in [3.63, 3.8) is 0 Å². The minimum absolute atomic E-state index is 0.110. The number of hydrogen-bond acceptors (Lipinski definition) is 0. The molecule has 0 spiro atoms. The number of hydrogen-bond donors (Lipinski definition) is 0. The number of halogens is 5. The molecule has 3 aromatic carbocycles. The minimum atomic E-state index is -1.68. The molecule has 0 N–H and O–H groups in total. The van der Waals surface area contributed by atoms with Gasteiger partial charge in [0.15, 0.2) is 17.5 Å². The van der Waals surface area contributed by atoms with Gasteiger partial charge in [-0.25, -0.2) is 22.0 Å². The van der Waals surface area contributed by atoms with E-state index in [1.807, 2.05) is 0 Å². The third kappa shape index (κ3) is 2.14. The van der Waals surface area contributed by atoms with E-state index in [0.717, 1.165) is 6.07 Å². The molecule has 5 heteroatoms. The van der Waals surface area contributed by atoms with E-state index in [2.05, 4.69) is 0 Å². The molecule has 0 bridgehead atoms. The summed E-state index contributed by atoms with van der Waals surface area (Å²) in [6, 6.07) is 8.29. The summed E-state index contributed by atoms with van der Waals surface area (Å²) in [6.07, 6.45) is 0. The number of benzene rings is 3. The van der Waals surface area contributed by atoms with Crippen LogP contribution in [0.25, 0.3) is 21.9 Å². The zero-order valence-electron chi connectivity index (χ0n) is 10.4. The van der Waals surface area contributed by atoms with E-state index in [1.165, 1.54) is 12.1 Å². The first-order chi connectivity index (χ1) is 9.99. The van der Waals surface area contributed by atoms with E-state index in [0.29, 0.717) is 17.5 Å². The zero-order chi connectivity index (χ0) is 15.1. The van der Waals surface area contributed by atoms with E-state index < -0.39 is 40.2 Å². The van der Waals surface area contributed by atoms with Crippen LogP contribution in [0.5, 0.6) is 0 Å². The average molecular weight is 294 g/mol. The molecule has 0 unspecified atom stereocenters. The second-order valence-corrected chi connectivity index (χ2v) is 4.52. The van der Waals surface area contributed by atoms with Crippen molar-refractivity contribution in [1.29, 1.82) is 0 Å². The summed E-state index contributed by atoms with van der Waals surface area (Å²) in [5.74, 6) is -6.61. The van der Waals surface area contributed by atoms with Gasteiger partial charge in [0.1, 0.15) is 11.6 Å². The molecule has 0 aliphatic rings. The van der Waals surface area contributed by atoms with Crippen LogP contribution in [0.3, 0.4) is 0 Å². The summed E-state index contributed by atoms with van der Waals surface area (Å²) in [6.45, 7) is 0. The molecular weight excluding hydrogens is 287 g/mol. The third-order valence-corrected chi connectivity index (χ3v) is 3.21. The smallest absolute Gasteiger partial charge is 0.194 e. The van der Waals surface area contributed by atoms with Crippen LogP contribution in [0.4, 0.5) is 22.0 Å². The van der Waals surface area contributed by atoms with Crippen LogP contribution in [0.2, 0.25) is 0 Å². The van der Waals surface area contributed by atoms with Crippen LogP contribution >= 0.6 is 0 Å². The maximum Gasteiger partial charge on any atom is 0.194 e. The fourth-order valence-electron chi connectivity index (χ4n) is 2.24. The Morgan fingerprint density at radius 3 is 1.90 bits per heavy atom. The summed E-state index contributed by atoms with van der Waals surface area (Å²) >= 11 is 0. The highest BCUT2D eigenvalue weighted by Gasteiger charge is 2.19. The first kappa shape index (κ1) is 13.5. The summed E-state index contributed by atoms with van der Waals surface area (Å²) in [4.78, 5) is 0. The van der Waals surface area contributed by atoms with Crippen molar-refractivity contribution in [2.24, 2.45) is 0 Å². The van der Waals surface area contributed by atoms with Gasteiger partial charge in [0.2, 0.25) is 0 Å². The maximum atomic E-state index is 14.4. The number of fused-ring (bicyclic) bond motifs is 1. The maximum absolute atomic E-state index is 14.4. The first-order valence-electron chi connectivity index (χ1n) is 6.00. The Labute approximate surface area is 116 Å². The lowest BCUT2D eigenvalue weighted by Crippen LogP contribution is -1.96. The number of rotatable bonds is 1. The van der Waals surface area contributed by atoms with Crippen LogP contribution in [0.15, 0.2) is 42.5 Å². The van der Waals surface area contributed by atoms with Crippen LogP contribution in [-0.2, 0) is 0 Å². The molecule has 0 saturated carbocycles. The predicted octanol–water partition coefficient (Wildman–Crippen LogP) is 5.20. The highest BCUT2D eigenvalue weighted by atomic mass is 19.2. The van der Waals surface area contributed by atoms with Gasteiger partial charge in [-0.1, -0.05) is 24.3 Å². The molecular formula is C16H7F5. The molecule has 0 aliphatic heterocycles. The van der Waals surface area contributed by atoms with Crippen molar-refractivity contribution in [2.45, 2.75) is 0 Å². The van der Waals surface area contributed by atoms with Gasteiger partial charge in [0, 0.05) is 5.39 Å². The van der Waals surface area contributed by atoms with Crippen molar-refractivity contribution in [3.8, 4) is 11.1 Å². The quantitative estimate of drug-likeness (QED) is 0.427. The summed E-state index contributed by atoms with van der Waals surface area (Å²) < 4.78 is 67.9. The molecule has 0 nitrogen and oxygen atoms in total. The fourth-order valence-corrected chi connectivity index (χ4v) is 2.24. The minimum Gasteiger partial charge on any atom is -0.206 e. The van der Waals surface area contributed by atoms with E-state index in [4.69, 9.17) is 0 Å². The van der Waals surface area contributed by atoms with E-state index in [1.54, 1.807) is 12.1 Å². The average Bonchev–Trinajstić information content (AvgIpc) is 2.44. The van der Waals surface area contributed by atoms with Gasteiger partial charge in [0.25, 0.3) is 0 Å². The van der Waals surface area contributed by atoms with Crippen LogP contribution in [-0.4, -0.2) is 0 Å². The van der Waals surface area contributed by atoms with Gasteiger partial charge in [-0.05, 0) is 29.1 Å². The lowest BCUT2D eigenvalue weighted by molar-refractivity contribution is 0.447. The predicted molar refractivity (Wildman–Crippen MR) is 69.2 cm³/mol. The Morgan fingerprint density at radius 1 is 0.619 bits per heavy atom. The highest BCUT2D eigenvalue weighted by molar-refractivity contribution is 5.88. The van der Waals surface area contributed by atoms with Gasteiger partial charge in [-0.2, -0.15) is 0 Å². The summed E-state index contributed by atoms with van der Waals surface area (Å²) in [5.41, 5.74) is -0.987. The lowest BCUT2D eigenvalue weighted by Gasteiger charge is -2.09. The normalized spacial score (nSPS) is 11.1. The topological polar surface area (TPSA) is 0 Å². The van der Waals surface area contributed by atoms with Crippen molar-refractivity contribution < 1.29 is 22.0 Å². The Bertz CT molecular complexity index is 832. The Morgan fingerprint density at radius 2 is 1.24 bits per heavy atom. The zero-order valence-corrected chi connectivity index (χ0v) is 10.4. The second kappa shape index (κ2) is 4.84. The second-order valence-electron chi connectivity index (χ2n) is 4.52. The van der Waals surface area contributed by atoms with E-state index in [9.17, 15) is 22.0 Å². The van der Waals surface area contributed by atoms with Crippen LogP contribution < -0.4 is 0 Å². The fraction of sp³-hybridized carbons (Fsp3) is 0. The highest BCUT2D eigenvalue weighted by Crippen LogP contribution is 2.33. The molecule has 0 aromatic heterocycles. The molecule has 0 radical (unpaired) electrons. The Kier molecular flexibility index (Phi) is 3.12. The Hall–Kier alpha value is -2.43. The van der Waals surface area contributed by atoms with Crippen molar-refractivity contribution in [2.75, 3.05) is 0 Å². The summed E-state index contributed by atoms with van der Waals surface area (Å²) in [7, 11) is 0. The van der Waals surface area contributed by atoms with E-state index >= 15 is 0 Å². The largest absolute Gasteiger partial charge is 0.206 e. The van der Waals surface area contributed by atoms with Gasteiger partial charge in [-0.15, -0.1) is 0 Å². The van der Waals surface area contributed by atoms with E-state index in [-0.39, 0.29) is 5.39 Å². The first-order valence-corrected chi connectivity index (χ1v) is 6.00. The van der Waals surface area contributed by atoms with Crippen LogP contribution in [0.1, 0.15) is 0 Å².